The van der Waals surface area contributed by atoms with Crippen LogP contribution in [0.4, 0.5) is 0 Å². The standard InChI is InChI=1S/C15H20Cl2N2.ClH/c1-10(13-8-12(16)2-3-14(13)17)19-7-5-15-11(9-19)4-6-18-15;/h2-3,8,10-11,15,18H,4-7,9H2,1H3;1H. The molecule has 3 atom stereocenters. The third kappa shape index (κ3) is 3.26. The number of nitrogens with zero attached hydrogens (tertiary/aromatic N) is 1. The van der Waals surface area contributed by atoms with Crippen LogP contribution < -0.4 is 5.32 Å². The normalized spacial score (nSPS) is 27.8. The molecule has 2 aliphatic rings. The van der Waals surface area contributed by atoms with Gasteiger partial charge >= 0.3 is 0 Å². The van der Waals surface area contributed by atoms with Crippen LogP contribution in [0.2, 0.25) is 10.0 Å². The first kappa shape index (κ1) is 16.4. The lowest BCUT2D eigenvalue weighted by atomic mass is 9.91. The van der Waals surface area contributed by atoms with Crippen molar-refractivity contribution in [3.8, 4) is 0 Å². The third-order valence-electron chi connectivity index (χ3n) is 4.64. The highest BCUT2D eigenvalue weighted by Crippen LogP contribution is 2.34. The zero-order valence-corrected chi connectivity index (χ0v) is 13.9. The second-order valence-corrected chi connectivity index (χ2v) is 6.58. The van der Waals surface area contributed by atoms with Crippen LogP contribution >= 0.6 is 35.6 Å². The van der Waals surface area contributed by atoms with Gasteiger partial charge in [0.25, 0.3) is 0 Å². The Morgan fingerprint density at radius 1 is 1.30 bits per heavy atom. The molecule has 3 rings (SSSR count). The van der Waals surface area contributed by atoms with Crippen LogP contribution in [0, 0.1) is 5.92 Å². The van der Waals surface area contributed by atoms with Crippen molar-refractivity contribution >= 4 is 35.6 Å². The quantitative estimate of drug-likeness (QED) is 0.873. The number of fused-ring (bicyclic) bond motifs is 1. The highest BCUT2D eigenvalue weighted by atomic mass is 35.5. The predicted molar refractivity (Wildman–Crippen MR) is 88.2 cm³/mol. The van der Waals surface area contributed by atoms with Crippen LogP contribution in [0.1, 0.15) is 31.4 Å². The molecule has 1 N–H and O–H groups in total. The summed E-state index contributed by atoms with van der Waals surface area (Å²) in [6, 6.07) is 6.84. The number of rotatable bonds is 2. The number of hydrogen-bond donors (Lipinski definition) is 1. The number of nitrogens with one attached hydrogen (secondary N) is 1. The molecule has 5 heteroatoms. The number of likely N-dealkylation sites (tertiary alicyclic amines) is 1. The fourth-order valence-electron chi connectivity index (χ4n) is 3.46. The summed E-state index contributed by atoms with van der Waals surface area (Å²) in [5, 5.41) is 5.19. The van der Waals surface area contributed by atoms with E-state index in [1.807, 2.05) is 18.2 Å². The molecule has 1 aromatic carbocycles. The molecule has 0 amide bonds. The van der Waals surface area contributed by atoms with E-state index in [4.69, 9.17) is 23.2 Å². The van der Waals surface area contributed by atoms with E-state index in [9.17, 15) is 0 Å². The molecule has 2 saturated heterocycles. The van der Waals surface area contributed by atoms with Crippen LogP contribution in [0.5, 0.6) is 0 Å². The SMILES string of the molecule is CC(c1cc(Cl)ccc1Cl)N1CCC2NCCC2C1.Cl. The van der Waals surface area contributed by atoms with Gasteiger partial charge in [0.1, 0.15) is 0 Å². The molecule has 0 spiro atoms. The molecule has 2 aliphatic heterocycles. The molecule has 1 aromatic rings. The van der Waals surface area contributed by atoms with Crippen molar-refractivity contribution in [1.82, 2.24) is 10.2 Å². The van der Waals surface area contributed by atoms with Crippen molar-refractivity contribution in [2.75, 3.05) is 19.6 Å². The van der Waals surface area contributed by atoms with Gasteiger partial charge in [-0.2, -0.15) is 0 Å². The van der Waals surface area contributed by atoms with Crippen molar-refractivity contribution in [1.29, 1.82) is 0 Å². The zero-order chi connectivity index (χ0) is 13.4. The molecule has 2 heterocycles. The van der Waals surface area contributed by atoms with Gasteiger partial charge in [-0.1, -0.05) is 23.2 Å². The molecular weight excluding hydrogens is 315 g/mol. The van der Waals surface area contributed by atoms with Crippen molar-refractivity contribution in [3.05, 3.63) is 33.8 Å². The average molecular weight is 336 g/mol. The Morgan fingerprint density at radius 3 is 2.90 bits per heavy atom. The van der Waals surface area contributed by atoms with Gasteiger partial charge in [0.05, 0.1) is 0 Å². The molecule has 0 aliphatic carbocycles. The predicted octanol–water partition coefficient (Wildman–Crippen LogP) is 4.16. The summed E-state index contributed by atoms with van der Waals surface area (Å²) < 4.78 is 0. The topological polar surface area (TPSA) is 15.3 Å². The number of piperidine rings is 1. The van der Waals surface area contributed by atoms with Gasteiger partial charge in [0, 0.05) is 35.2 Å². The Labute approximate surface area is 137 Å². The molecular formula is C15H21Cl3N2. The minimum atomic E-state index is 0. The smallest absolute Gasteiger partial charge is 0.0454 e. The molecule has 0 radical (unpaired) electrons. The fraction of sp³-hybridized carbons (Fsp3) is 0.600. The van der Waals surface area contributed by atoms with Gasteiger partial charge in [-0.25, -0.2) is 0 Å². The monoisotopic (exact) mass is 334 g/mol. The van der Waals surface area contributed by atoms with Crippen LogP contribution in [-0.2, 0) is 0 Å². The van der Waals surface area contributed by atoms with Gasteiger partial charge < -0.3 is 5.32 Å². The first-order valence-corrected chi connectivity index (χ1v) is 7.83. The van der Waals surface area contributed by atoms with Gasteiger partial charge in [0.15, 0.2) is 0 Å². The first-order chi connectivity index (χ1) is 9.15. The summed E-state index contributed by atoms with van der Waals surface area (Å²) in [5.74, 6) is 0.800. The van der Waals surface area contributed by atoms with Crippen molar-refractivity contribution < 1.29 is 0 Å². The number of halogens is 3. The molecule has 3 unspecified atom stereocenters. The Bertz CT molecular complexity index is 466. The van der Waals surface area contributed by atoms with Crippen molar-refractivity contribution in [3.63, 3.8) is 0 Å². The Balaban J connectivity index is 0.00000147. The summed E-state index contributed by atoms with van der Waals surface area (Å²) in [6.07, 6.45) is 2.55. The first-order valence-electron chi connectivity index (χ1n) is 7.07. The summed E-state index contributed by atoms with van der Waals surface area (Å²) >= 11 is 12.4. The van der Waals surface area contributed by atoms with Crippen LogP contribution in [0.25, 0.3) is 0 Å². The molecule has 112 valence electrons. The maximum Gasteiger partial charge on any atom is 0.0454 e. The lowest BCUT2D eigenvalue weighted by Gasteiger charge is -2.39. The second-order valence-electron chi connectivity index (χ2n) is 5.73. The molecule has 0 bridgehead atoms. The fourth-order valence-corrected chi connectivity index (χ4v) is 3.91. The van der Waals surface area contributed by atoms with Crippen molar-refractivity contribution in [2.45, 2.75) is 31.8 Å². The molecule has 0 aromatic heterocycles. The largest absolute Gasteiger partial charge is 0.314 e. The van der Waals surface area contributed by atoms with Crippen molar-refractivity contribution in [2.24, 2.45) is 5.92 Å². The van der Waals surface area contributed by atoms with E-state index in [1.54, 1.807) is 0 Å². The number of benzene rings is 1. The van der Waals surface area contributed by atoms with Crippen LogP contribution in [0.15, 0.2) is 18.2 Å². The molecule has 2 nitrogen and oxygen atoms in total. The zero-order valence-electron chi connectivity index (χ0n) is 11.6. The molecule has 0 saturated carbocycles. The molecule has 2 fully saturated rings. The van der Waals surface area contributed by atoms with Gasteiger partial charge in [-0.05, 0) is 56.0 Å². The highest BCUT2D eigenvalue weighted by molar-refractivity contribution is 6.33. The maximum absolute atomic E-state index is 6.32. The van der Waals surface area contributed by atoms with E-state index in [1.165, 1.54) is 25.9 Å². The van der Waals surface area contributed by atoms with E-state index < -0.39 is 0 Å². The summed E-state index contributed by atoms with van der Waals surface area (Å²) in [5.41, 5.74) is 1.15. The van der Waals surface area contributed by atoms with Crippen LogP contribution in [-0.4, -0.2) is 30.6 Å². The van der Waals surface area contributed by atoms with E-state index in [0.717, 1.165) is 34.1 Å². The summed E-state index contributed by atoms with van der Waals surface area (Å²) in [6.45, 7) is 5.72. The summed E-state index contributed by atoms with van der Waals surface area (Å²) in [4.78, 5) is 2.55. The van der Waals surface area contributed by atoms with E-state index in [-0.39, 0.29) is 12.4 Å². The number of hydrogen-bond acceptors (Lipinski definition) is 2. The van der Waals surface area contributed by atoms with Gasteiger partial charge in [-0.3, -0.25) is 4.90 Å². The van der Waals surface area contributed by atoms with Gasteiger partial charge in [0.2, 0.25) is 0 Å². The highest BCUT2D eigenvalue weighted by Gasteiger charge is 2.34. The minimum absolute atomic E-state index is 0. The Kier molecular flexibility index (Phi) is 5.61. The second kappa shape index (κ2) is 6.85. The lowest BCUT2D eigenvalue weighted by Crippen LogP contribution is -2.45. The third-order valence-corrected chi connectivity index (χ3v) is 5.22. The van der Waals surface area contributed by atoms with Gasteiger partial charge in [-0.15, -0.1) is 12.4 Å². The lowest BCUT2D eigenvalue weighted by molar-refractivity contribution is 0.122. The molecule has 20 heavy (non-hydrogen) atoms. The Morgan fingerprint density at radius 2 is 2.10 bits per heavy atom. The maximum atomic E-state index is 6.32. The Hall–Kier alpha value is 0.01000. The average Bonchev–Trinajstić information content (AvgIpc) is 2.88. The van der Waals surface area contributed by atoms with E-state index in [2.05, 4.69) is 17.1 Å². The van der Waals surface area contributed by atoms with E-state index in [0.29, 0.717) is 6.04 Å². The van der Waals surface area contributed by atoms with E-state index >= 15 is 0 Å². The minimum Gasteiger partial charge on any atom is -0.314 e. The van der Waals surface area contributed by atoms with Crippen LogP contribution in [0.3, 0.4) is 0 Å². The summed E-state index contributed by atoms with van der Waals surface area (Å²) in [7, 11) is 0.